The predicted octanol–water partition coefficient (Wildman–Crippen LogP) is 2.62. The quantitative estimate of drug-likeness (QED) is 0.575. The lowest BCUT2D eigenvalue weighted by atomic mass is 10.1. The minimum atomic E-state index is -0.267. The van der Waals surface area contributed by atoms with Crippen molar-refractivity contribution in [3.8, 4) is 0 Å². The van der Waals surface area contributed by atoms with Gasteiger partial charge >= 0.3 is 0 Å². The minimum absolute atomic E-state index is 0.0856. The normalized spacial score (nSPS) is 10.7. The number of fused-ring (bicyclic) bond motifs is 1. The van der Waals surface area contributed by atoms with E-state index < -0.39 is 0 Å². The van der Waals surface area contributed by atoms with Crippen molar-refractivity contribution in [2.45, 2.75) is 33.1 Å². The third-order valence-electron chi connectivity index (χ3n) is 4.67. The molecule has 0 fully saturated rings. The molecule has 0 saturated heterocycles. The molecule has 0 aliphatic rings. The van der Waals surface area contributed by atoms with Gasteiger partial charge in [-0.3, -0.25) is 14.4 Å². The van der Waals surface area contributed by atoms with Gasteiger partial charge in [-0.15, -0.1) is 0 Å². The van der Waals surface area contributed by atoms with Crippen LogP contribution in [0.5, 0.6) is 0 Å². The monoisotopic (exact) mass is 392 g/mol. The van der Waals surface area contributed by atoms with Crippen LogP contribution in [-0.4, -0.2) is 28.3 Å². The van der Waals surface area contributed by atoms with Crippen molar-refractivity contribution in [3.05, 3.63) is 69.8 Å². The molecule has 0 saturated carbocycles. The first-order valence-electron chi connectivity index (χ1n) is 9.55. The summed E-state index contributed by atoms with van der Waals surface area (Å²) in [6.07, 6.45) is 1.24. The molecule has 0 unspecified atom stereocenters. The molecule has 7 heteroatoms. The molecular weight excluding hydrogens is 368 g/mol. The van der Waals surface area contributed by atoms with E-state index in [1.54, 1.807) is 18.2 Å². The summed E-state index contributed by atoms with van der Waals surface area (Å²) >= 11 is 0. The molecule has 7 nitrogen and oxygen atoms in total. The van der Waals surface area contributed by atoms with Crippen molar-refractivity contribution in [1.82, 2.24) is 15.3 Å². The highest BCUT2D eigenvalue weighted by molar-refractivity contribution is 5.95. The summed E-state index contributed by atoms with van der Waals surface area (Å²) in [4.78, 5) is 43.3. The second-order valence-corrected chi connectivity index (χ2v) is 6.98. The van der Waals surface area contributed by atoms with Gasteiger partial charge in [-0.25, -0.2) is 4.98 Å². The molecule has 3 aromatic rings. The summed E-state index contributed by atoms with van der Waals surface area (Å²) in [6.45, 7) is 3.76. The maximum absolute atomic E-state index is 12.1. The molecule has 0 aliphatic carbocycles. The van der Waals surface area contributed by atoms with Gasteiger partial charge in [0.25, 0.3) is 5.56 Å². The molecule has 2 aromatic carbocycles. The number of para-hydroxylation sites is 2. The number of anilines is 1. The highest BCUT2D eigenvalue weighted by Crippen LogP contribution is 2.19. The van der Waals surface area contributed by atoms with Crippen LogP contribution in [0.25, 0.3) is 10.9 Å². The van der Waals surface area contributed by atoms with Crippen LogP contribution >= 0.6 is 0 Å². The fourth-order valence-corrected chi connectivity index (χ4v) is 3.13. The van der Waals surface area contributed by atoms with Gasteiger partial charge in [0.15, 0.2) is 0 Å². The van der Waals surface area contributed by atoms with E-state index in [9.17, 15) is 14.4 Å². The Labute approximate surface area is 168 Å². The maximum Gasteiger partial charge on any atom is 0.258 e. The molecule has 29 heavy (non-hydrogen) atoms. The van der Waals surface area contributed by atoms with Gasteiger partial charge < -0.3 is 15.6 Å². The second-order valence-electron chi connectivity index (χ2n) is 6.98. The number of amides is 2. The smallest absolute Gasteiger partial charge is 0.258 e. The zero-order valence-electron chi connectivity index (χ0n) is 16.5. The number of aromatic nitrogens is 2. The number of carbonyl (C=O) groups is 2. The molecular formula is C22H24N4O3. The SMILES string of the molecule is Cc1cccc(C)c1NC(=O)CNC(=O)CCCc1nc2ccccc2c(=O)[nH]1. The molecule has 3 rings (SSSR count). The van der Waals surface area contributed by atoms with E-state index in [0.29, 0.717) is 29.6 Å². The first-order chi connectivity index (χ1) is 13.9. The maximum atomic E-state index is 12.1. The minimum Gasteiger partial charge on any atom is -0.347 e. The molecule has 0 spiro atoms. The Balaban J connectivity index is 1.46. The van der Waals surface area contributed by atoms with E-state index in [-0.39, 0.29) is 30.3 Å². The lowest BCUT2D eigenvalue weighted by Gasteiger charge is -2.12. The fraction of sp³-hybridized carbons (Fsp3) is 0.273. The van der Waals surface area contributed by atoms with Crippen molar-refractivity contribution in [2.24, 2.45) is 0 Å². The Morgan fingerprint density at radius 1 is 1.00 bits per heavy atom. The van der Waals surface area contributed by atoms with Crippen LogP contribution in [0.2, 0.25) is 0 Å². The van der Waals surface area contributed by atoms with Crippen molar-refractivity contribution >= 4 is 28.4 Å². The molecule has 1 aromatic heterocycles. The van der Waals surface area contributed by atoms with E-state index in [1.807, 2.05) is 38.1 Å². The van der Waals surface area contributed by atoms with Crippen LogP contribution in [0.3, 0.4) is 0 Å². The van der Waals surface area contributed by atoms with Crippen molar-refractivity contribution in [1.29, 1.82) is 0 Å². The zero-order chi connectivity index (χ0) is 20.8. The number of H-pyrrole nitrogens is 1. The molecule has 150 valence electrons. The summed E-state index contributed by atoms with van der Waals surface area (Å²) in [6, 6.07) is 12.9. The number of nitrogens with zero attached hydrogens (tertiary/aromatic N) is 1. The molecule has 3 N–H and O–H groups in total. The third kappa shape index (κ3) is 5.28. The number of benzene rings is 2. The molecule has 0 atom stereocenters. The van der Waals surface area contributed by atoms with Gasteiger partial charge in [0.2, 0.25) is 11.8 Å². The van der Waals surface area contributed by atoms with Gasteiger partial charge in [0, 0.05) is 18.5 Å². The van der Waals surface area contributed by atoms with Gasteiger partial charge in [0.05, 0.1) is 17.4 Å². The number of hydrogen-bond donors (Lipinski definition) is 3. The van der Waals surface area contributed by atoms with Crippen molar-refractivity contribution in [2.75, 3.05) is 11.9 Å². The number of rotatable bonds is 7. The van der Waals surface area contributed by atoms with Crippen molar-refractivity contribution in [3.63, 3.8) is 0 Å². The van der Waals surface area contributed by atoms with Crippen LogP contribution in [0.4, 0.5) is 5.69 Å². The molecule has 0 bridgehead atoms. The first kappa shape index (κ1) is 20.3. The molecule has 0 aliphatic heterocycles. The second kappa shape index (κ2) is 9.14. The van der Waals surface area contributed by atoms with Gasteiger partial charge in [-0.05, 0) is 43.5 Å². The summed E-state index contributed by atoms with van der Waals surface area (Å²) in [5, 5.41) is 6.01. The number of carbonyl (C=O) groups excluding carboxylic acids is 2. The number of aryl methyl sites for hydroxylation is 3. The van der Waals surface area contributed by atoms with Crippen LogP contribution in [0.1, 0.15) is 29.8 Å². The number of nitrogens with one attached hydrogen (secondary N) is 3. The summed E-state index contributed by atoms with van der Waals surface area (Å²) in [5.41, 5.74) is 3.18. The first-order valence-corrected chi connectivity index (χ1v) is 9.55. The average molecular weight is 392 g/mol. The van der Waals surface area contributed by atoms with Crippen molar-refractivity contribution < 1.29 is 9.59 Å². The summed E-state index contributed by atoms with van der Waals surface area (Å²) in [7, 11) is 0. The van der Waals surface area contributed by atoms with Gasteiger partial charge in [0.1, 0.15) is 5.82 Å². The van der Waals surface area contributed by atoms with E-state index in [0.717, 1.165) is 16.8 Å². The summed E-state index contributed by atoms with van der Waals surface area (Å²) in [5.74, 6) is 0.0651. The summed E-state index contributed by atoms with van der Waals surface area (Å²) < 4.78 is 0. The Bertz CT molecular complexity index is 1080. The highest BCUT2D eigenvalue weighted by atomic mass is 16.2. The number of hydrogen-bond acceptors (Lipinski definition) is 4. The number of aromatic amines is 1. The Morgan fingerprint density at radius 2 is 1.72 bits per heavy atom. The lowest BCUT2D eigenvalue weighted by Crippen LogP contribution is -2.33. The fourth-order valence-electron chi connectivity index (χ4n) is 3.13. The van der Waals surface area contributed by atoms with Crippen LogP contribution in [0.15, 0.2) is 47.3 Å². The average Bonchev–Trinajstić information content (AvgIpc) is 2.69. The van der Waals surface area contributed by atoms with Gasteiger partial charge in [-0.2, -0.15) is 0 Å². The Hall–Kier alpha value is -3.48. The Morgan fingerprint density at radius 3 is 2.48 bits per heavy atom. The highest BCUT2D eigenvalue weighted by Gasteiger charge is 2.10. The van der Waals surface area contributed by atoms with Gasteiger partial charge in [-0.1, -0.05) is 30.3 Å². The largest absolute Gasteiger partial charge is 0.347 e. The molecule has 0 radical (unpaired) electrons. The van der Waals surface area contributed by atoms with E-state index in [4.69, 9.17) is 0 Å². The van der Waals surface area contributed by atoms with Crippen LogP contribution in [-0.2, 0) is 16.0 Å². The molecule has 1 heterocycles. The Kier molecular flexibility index (Phi) is 6.39. The lowest BCUT2D eigenvalue weighted by molar-refractivity contribution is -0.124. The zero-order valence-corrected chi connectivity index (χ0v) is 16.5. The van der Waals surface area contributed by atoms with E-state index in [1.165, 1.54) is 0 Å². The van der Waals surface area contributed by atoms with Crippen LogP contribution < -0.4 is 16.2 Å². The third-order valence-corrected chi connectivity index (χ3v) is 4.67. The van der Waals surface area contributed by atoms with Crippen LogP contribution in [0, 0.1) is 13.8 Å². The standard InChI is InChI=1S/C22H24N4O3/c1-14-7-5-8-15(2)21(14)26-20(28)13-23-19(27)12-6-11-18-24-17-10-4-3-9-16(17)22(29)25-18/h3-5,7-10H,6,11-13H2,1-2H3,(H,23,27)(H,26,28)(H,24,25,29). The topological polar surface area (TPSA) is 104 Å². The predicted molar refractivity (Wildman–Crippen MR) is 113 cm³/mol. The van der Waals surface area contributed by atoms with E-state index in [2.05, 4.69) is 20.6 Å². The molecule has 2 amide bonds. The van der Waals surface area contributed by atoms with E-state index >= 15 is 0 Å².